The number of nitrogens with two attached hydrogens (primary N) is 1. The van der Waals surface area contributed by atoms with Crippen molar-refractivity contribution in [3.8, 4) is 0 Å². The molecule has 0 aliphatic carbocycles. The van der Waals surface area contributed by atoms with Crippen molar-refractivity contribution in [2.75, 3.05) is 18.8 Å². The molecule has 0 amide bonds. The van der Waals surface area contributed by atoms with Crippen LogP contribution in [0.15, 0.2) is 24.5 Å². The molecular weight excluding hydrogens is 224 g/mol. The summed E-state index contributed by atoms with van der Waals surface area (Å²) in [4.78, 5) is 7.14. The number of nitrogen functional groups attached to an aromatic ring is 1. The number of fused-ring (bicyclic) bond motifs is 1. The monoisotopic (exact) mass is 244 g/mol. The van der Waals surface area contributed by atoms with Crippen molar-refractivity contribution in [3.63, 3.8) is 0 Å². The van der Waals surface area contributed by atoms with E-state index in [9.17, 15) is 0 Å². The molecule has 0 spiro atoms. The number of nitrogens with zero attached hydrogens (tertiary/aromatic N) is 3. The smallest absolute Gasteiger partial charge is 0.137 e. The summed E-state index contributed by atoms with van der Waals surface area (Å²) >= 11 is 0. The normalized spacial score (nSPS) is 21.5. The second kappa shape index (κ2) is 4.61. The zero-order valence-electron chi connectivity index (χ0n) is 10.8. The Balaban J connectivity index is 1.78. The van der Waals surface area contributed by atoms with Crippen LogP contribution >= 0.6 is 0 Å². The van der Waals surface area contributed by atoms with Gasteiger partial charge < -0.3 is 10.1 Å². The molecule has 1 aliphatic rings. The summed E-state index contributed by atoms with van der Waals surface area (Å²) in [5, 5.41) is 0. The van der Waals surface area contributed by atoms with Crippen molar-refractivity contribution in [1.29, 1.82) is 0 Å². The molecule has 1 aliphatic heterocycles. The predicted octanol–water partition coefficient (Wildman–Crippen LogP) is 2.15. The maximum atomic E-state index is 5.78. The average Bonchev–Trinajstić information content (AvgIpc) is 2.70. The van der Waals surface area contributed by atoms with Gasteiger partial charge in [-0.15, -0.1) is 0 Å². The molecule has 1 unspecified atom stereocenters. The molecule has 3 rings (SSSR count). The molecule has 2 N–H and O–H groups in total. The molecule has 0 bridgehead atoms. The summed E-state index contributed by atoms with van der Waals surface area (Å²) in [7, 11) is 0. The number of likely N-dealkylation sites (tertiary alicyclic amines) is 1. The van der Waals surface area contributed by atoms with Crippen LogP contribution in [-0.2, 0) is 6.54 Å². The maximum Gasteiger partial charge on any atom is 0.137 e. The average molecular weight is 244 g/mol. The van der Waals surface area contributed by atoms with Crippen LogP contribution in [0.2, 0.25) is 0 Å². The van der Waals surface area contributed by atoms with Gasteiger partial charge in [0.2, 0.25) is 0 Å². The number of piperidine rings is 1. The van der Waals surface area contributed by atoms with Gasteiger partial charge in [-0.25, -0.2) is 4.98 Å². The fourth-order valence-corrected chi connectivity index (χ4v) is 2.80. The van der Waals surface area contributed by atoms with Crippen molar-refractivity contribution < 1.29 is 0 Å². The minimum Gasteiger partial charge on any atom is -0.398 e. The number of anilines is 1. The molecule has 4 heteroatoms. The van der Waals surface area contributed by atoms with E-state index >= 15 is 0 Å². The molecule has 3 heterocycles. The van der Waals surface area contributed by atoms with Crippen molar-refractivity contribution in [2.45, 2.75) is 26.3 Å². The molecule has 0 aromatic carbocycles. The molecule has 0 saturated carbocycles. The van der Waals surface area contributed by atoms with Crippen LogP contribution in [0.5, 0.6) is 0 Å². The van der Waals surface area contributed by atoms with Gasteiger partial charge in [-0.3, -0.25) is 4.90 Å². The van der Waals surface area contributed by atoms with Gasteiger partial charge in [0.05, 0.1) is 5.69 Å². The summed E-state index contributed by atoms with van der Waals surface area (Å²) in [5.41, 5.74) is 8.66. The van der Waals surface area contributed by atoms with Crippen LogP contribution in [0.25, 0.3) is 5.65 Å². The highest BCUT2D eigenvalue weighted by Gasteiger charge is 2.17. The zero-order chi connectivity index (χ0) is 12.5. The van der Waals surface area contributed by atoms with Crippen LogP contribution in [-0.4, -0.2) is 27.4 Å². The Kier molecular flexibility index (Phi) is 2.96. The highest BCUT2D eigenvalue weighted by molar-refractivity contribution is 5.48. The second-order valence-corrected chi connectivity index (χ2v) is 5.44. The molecule has 2 aromatic heterocycles. The van der Waals surface area contributed by atoms with Crippen LogP contribution in [0.4, 0.5) is 5.69 Å². The van der Waals surface area contributed by atoms with Gasteiger partial charge in [-0.1, -0.05) is 6.92 Å². The minimum atomic E-state index is 0.776. The lowest BCUT2D eigenvalue weighted by Gasteiger charge is -2.30. The third-order valence-corrected chi connectivity index (χ3v) is 3.65. The van der Waals surface area contributed by atoms with E-state index < -0.39 is 0 Å². The van der Waals surface area contributed by atoms with Crippen molar-refractivity contribution in [2.24, 2.45) is 5.92 Å². The third kappa shape index (κ3) is 2.34. The Bertz CT molecular complexity index is 546. The summed E-state index contributed by atoms with van der Waals surface area (Å²) in [6, 6.07) is 3.87. The molecule has 4 nitrogen and oxygen atoms in total. The van der Waals surface area contributed by atoms with Gasteiger partial charge in [0, 0.05) is 31.2 Å². The van der Waals surface area contributed by atoms with E-state index in [1.54, 1.807) is 0 Å². The predicted molar refractivity (Wildman–Crippen MR) is 73.3 cm³/mol. The number of hydrogen-bond acceptors (Lipinski definition) is 3. The zero-order valence-corrected chi connectivity index (χ0v) is 10.8. The molecule has 18 heavy (non-hydrogen) atoms. The van der Waals surface area contributed by atoms with Gasteiger partial charge in [0.1, 0.15) is 5.65 Å². The number of rotatable bonds is 2. The lowest BCUT2D eigenvalue weighted by Crippen LogP contribution is -2.33. The molecule has 96 valence electrons. The van der Waals surface area contributed by atoms with Crippen molar-refractivity contribution in [1.82, 2.24) is 14.3 Å². The Labute approximate surface area is 107 Å². The van der Waals surface area contributed by atoms with Gasteiger partial charge in [0.15, 0.2) is 0 Å². The van der Waals surface area contributed by atoms with Crippen LogP contribution in [0.1, 0.15) is 25.5 Å². The summed E-state index contributed by atoms with van der Waals surface area (Å²) < 4.78 is 2.01. The lowest BCUT2D eigenvalue weighted by molar-refractivity contribution is 0.175. The molecule has 0 radical (unpaired) electrons. The van der Waals surface area contributed by atoms with Gasteiger partial charge in [-0.2, -0.15) is 0 Å². The lowest BCUT2D eigenvalue weighted by atomic mass is 10.0. The van der Waals surface area contributed by atoms with Crippen LogP contribution in [0, 0.1) is 5.92 Å². The van der Waals surface area contributed by atoms with E-state index in [1.165, 1.54) is 25.9 Å². The molecular formula is C14H20N4. The van der Waals surface area contributed by atoms with E-state index in [0.29, 0.717) is 0 Å². The Morgan fingerprint density at radius 2 is 2.28 bits per heavy atom. The number of imidazole rings is 1. The van der Waals surface area contributed by atoms with Gasteiger partial charge in [0.25, 0.3) is 0 Å². The molecule has 1 atom stereocenters. The number of pyridine rings is 1. The molecule has 1 saturated heterocycles. The molecule has 1 fully saturated rings. The van der Waals surface area contributed by atoms with E-state index in [-0.39, 0.29) is 0 Å². The largest absolute Gasteiger partial charge is 0.398 e. The first-order chi connectivity index (χ1) is 8.70. The van der Waals surface area contributed by atoms with E-state index in [0.717, 1.165) is 29.5 Å². The fraction of sp³-hybridized carbons (Fsp3) is 0.500. The van der Waals surface area contributed by atoms with Crippen LogP contribution in [0.3, 0.4) is 0 Å². The van der Waals surface area contributed by atoms with E-state index in [1.807, 2.05) is 22.7 Å². The van der Waals surface area contributed by atoms with Gasteiger partial charge in [-0.05, 0) is 37.4 Å². The summed E-state index contributed by atoms with van der Waals surface area (Å²) in [6.45, 7) is 5.67. The first-order valence-corrected chi connectivity index (χ1v) is 6.66. The molecule has 2 aromatic rings. The highest BCUT2D eigenvalue weighted by atomic mass is 15.1. The number of aromatic nitrogens is 2. The fourth-order valence-electron chi connectivity index (χ4n) is 2.80. The van der Waals surface area contributed by atoms with Crippen LogP contribution < -0.4 is 5.73 Å². The second-order valence-electron chi connectivity index (χ2n) is 5.44. The van der Waals surface area contributed by atoms with Gasteiger partial charge >= 0.3 is 0 Å². The van der Waals surface area contributed by atoms with Crippen molar-refractivity contribution in [3.05, 3.63) is 30.2 Å². The topological polar surface area (TPSA) is 46.6 Å². The number of hydrogen-bond donors (Lipinski definition) is 1. The minimum absolute atomic E-state index is 0.776. The Morgan fingerprint density at radius 1 is 1.39 bits per heavy atom. The standard InChI is InChI=1S/C14H20N4/c1-11-3-2-6-17(7-11)9-13-10-18-8-12(15)4-5-14(18)16-13/h4-5,8,10-11H,2-3,6-7,9,15H2,1H3. The SMILES string of the molecule is CC1CCCN(Cc2cn3cc(N)ccc3n2)C1. The van der Waals surface area contributed by atoms with E-state index in [4.69, 9.17) is 5.73 Å². The van der Waals surface area contributed by atoms with Crippen molar-refractivity contribution >= 4 is 11.3 Å². The quantitative estimate of drug-likeness (QED) is 0.880. The van der Waals surface area contributed by atoms with E-state index in [2.05, 4.69) is 23.0 Å². The Hall–Kier alpha value is -1.55. The third-order valence-electron chi connectivity index (χ3n) is 3.65. The summed E-state index contributed by atoms with van der Waals surface area (Å²) in [5.74, 6) is 0.812. The maximum absolute atomic E-state index is 5.78. The Morgan fingerprint density at radius 3 is 3.11 bits per heavy atom. The highest BCUT2D eigenvalue weighted by Crippen LogP contribution is 2.18. The first-order valence-electron chi connectivity index (χ1n) is 6.66. The first kappa shape index (κ1) is 11.5. The summed E-state index contributed by atoms with van der Waals surface area (Å²) in [6.07, 6.45) is 6.68.